The van der Waals surface area contributed by atoms with Crippen LogP contribution in [0.1, 0.15) is 43.5 Å². The van der Waals surface area contributed by atoms with Gasteiger partial charge in [0.2, 0.25) is 20.0 Å². The summed E-state index contributed by atoms with van der Waals surface area (Å²) < 4.78 is 71.7. The number of hydrogen-bond donors (Lipinski definition) is 2. The Morgan fingerprint density at radius 2 is 1.29 bits per heavy atom. The SMILES string of the molecule is Cc1ccc(S(=O)(=O)N2CCOCC2)cc1C(=O)N[C@@H](COC(=O)c1cc(S(=O)(=O)N2CCOCC2)ccc1C)[C@@H](O)c1ccc([N+](=O)[O-])cc1. The number of esters is 1. The number of nitro groups is 1. The maximum Gasteiger partial charge on any atom is 0.338 e. The fourth-order valence-electron chi connectivity index (χ4n) is 5.59. The summed E-state index contributed by atoms with van der Waals surface area (Å²) in [5.74, 6) is -1.72. The molecule has 3 aromatic carbocycles. The topological polar surface area (TPSA) is 212 Å². The van der Waals surface area contributed by atoms with Gasteiger partial charge in [0, 0.05) is 43.9 Å². The average Bonchev–Trinajstić information content (AvgIpc) is 3.13. The lowest BCUT2D eigenvalue weighted by Crippen LogP contribution is -2.43. The molecule has 2 aliphatic heterocycles. The number of nitrogens with zero attached hydrogens (tertiary/aromatic N) is 3. The van der Waals surface area contributed by atoms with Gasteiger partial charge in [-0.05, 0) is 66.9 Å². The first kappa shape index (κ1) is 37.9. The van der Waals surface area contributed by atoms with E-state index < -0.39 is 55.6 Å². The Hall–Kier alpha value is -4.30. The van der Waals surface area contributed by atoms with E-state index in [0.717, 1.165) is 12.1 Å². The lowest BCUT2D eigenvalue weighted by molar-refractivity contribution is -0.384. The van der Waals surface area contributed by atoms with Crippen molar-refractivity contribution in [3.05, 3.63) is 98.6 Å². The van der Waals surface area contributed by atoms with Crippen LogP contribution in [0.15, 0.2) is 70.5 Å². The summed E-state index contributed by atoms with van der Waals surface area (Å²) in [6.45, 7) is 4.10. The highest BCUT2D eigenvalue weighted by atomic mass is 32.2. The number of nitro benzene ring substituents is 1. The van der Waals surface area contributed by atoms with Crippen LogP contribution in [0.5, 0.6) is 0 Å². The molecule has 2 N–H and O–H groups in total. The summed E-state index contributed by atoms with van der Waals surface area (Å²) in [5.41, 5.74) is 0.658. The van der Waals surface area contributed by atoms with Crippen molar-refractivity contribution in [3.63, 3.8) is 0 Å². The van der Waals surface area contributed by atoms with E-state index in [-0.39, 0.29) is 84.8 Å². The number of hydrogen-bond acceptors (Lipinski definition) is 12. The Kier molecular flexibility index (Phi) is 11.9. The maximum absolute atomic E-state index is 13.7. The van der Waals surface area contributed by atoms with Crippen LogP contribution in [0, 0.1) is 24.0 Å². The Bertz CT molecular complexity index is 1990. The van der Waals surface area contributed by atoms with Crippen molar-refractivity contribution < 1.29 is 50.7 Å². The van der Waals surface area contributed by atoms with E-state index in [4.69, 9.17) is 14.2 Å². The number of aryl methyl sites for hydroxylation is 2. The lowest BCUT2D eigenvalue weighted by Gasteiger charge is -2.27. The van der Waals surface area contributed by atoms with E-state index >= 15 is 0 Å². The van der Waals surface area contributed by atoms with Crippen LogP contribution in [0.25, 0.3) is 0 Å². The first-order chi connectivity index (χ1) is 24.2. The van der Waals surface area contributed by atoms with Gasteiger partial charge in [-0.3, -0.25) is 14.9 Å². The third-order valence-electron chi connectivity index (χ3n) is 8.64. The molecule has 0 saturated carbocycles. The number of ether oxygens (including phenoxy) is 3. The van der Waals surface area contributed by atoms with Crippen molar-refractivity contribution in [1.29, 1.82) is 0 Å². The second-order valence-electron chi connectivity index (χ2n) is 12.0. The van der Waals surface area contributed by atoms with Crippen LogP contribution < -0.4 is 5.32 Å². The summed E-state index contributed by atoms with van der Waals surface area (Å²) in [7, 11) is -7.91. The molecule has 0 spiro atoms. The highest BCUT2D eigenvalue weighted by Crippen LogP contribution is 2.25. The Labute approximate surface area is 295 Å². The molecular formula is C33H38N4O12S2. The van der Waals surface area contributed by atoms with Gasteiger partial charge in [0.15, 0.2) is 0 Å². The van der Waals surface area contributed by atoms with Gasteiger partial charge in [-0.15, -0.1) is 0 Å². The van der Waals surface area contributed by atoms with E-state index in [1.54, 1.807) is 13.8 Å². The summed E-state index contributed by atoms with van der Waals surface area (Å²) in [6.07, 6.45) is -1.56. The van der Waals surface area contributed by atoms with Gasteiger partial charge in [-0.25, -0.2) is 21.6 Å². The number of nitrogens with one attached hydrogen (secondary N) is 1. The van der Waals surface area contributed by atoms with E-state index in [0.29, 0.717) is 11.1 Å². The zero-order chi connectivity index (χ0) is 36.9. The normalized spacial score (nSPS) is 17.3. The van der Waals surface area contributed by atoms with E-state index in [2.05, 4.69) is 5.32 Å². The fraction of sp³-hybridized carbons (Fsp3) is 0.394. The molecule has 3 aromatic rings. The van der Waals surface area contributed by atoms with Gasteiger partial charge in [-0.2, -0.15) is 8.61 Å². The lowest BCUT2D eigenvalue weighted by atomic mass is 10.0. The molecule has 16 nitrogen and oxygen atoms in total. The second-order valence-corrected chi connectivity index (χ2v) is 15.8. The highest BCUT2D eigenvalue weighted by molar-refractivity contribution is 7.89. The minimum atomic E-state index is -3.96. The van der Waals surface area contributed by atoms with Gasteiger partial charge < -0.3 is 24.6 Å². The van der Waals surface area contributed by atoms with E-state index in [9.17, 15) is 41.6 Å². The monoisotopic (exact) mass is 746 g/mol. The van der Waals surface area contributed by atoms with Crippen LogP contribution in [0.4, 0.5) is 5.69 Å². The quantitative estimate of drug-likeness (QED) is 0.155. The summed E-state index contributed by atoms with van der Waals surface area (Å²) in [4.78, 5) is 37.5. The van der Waals surface area contributed by atoms with Crippen LogP contribution in [-0.2, 0) is 34.3 Å². The molecule has 0 aliphatic carbocycles. The maximum atomic E-state index is 13.7. The predicted molar refractivity (Wildman–Crippen MR) is 181 cm³/mol. The largest absolute Gasteiger partial charge is 0.460 e. The average molecular weight is 747 g/mol. The Morgan fingerprint density at radius 3 is 1.78 bits per heavy atom. The summed E-state index contributed by atoms with van der Waals surface area (Å²) >= 11 is 0. The third kappa shape index (κ3) is 8.61. The van der Waals surface area contributed by atoms with Crippen LogP contribution in [0.2, 0.25) is 0 Å². The number of non-ortho nitro benzene ring substituents is 1. The van der Waals surface area contributed by atoms with Gasteiger partial charge in [-0.1, -0.05) is 12.1 Å². The fourth-order valence-corrected chi connectivity index (χ4v) is 8.46. The number of sulfonamides is 2. The Balaban J connectivity index is 1.40. The van der Waals surface area contributed by atoms with Crippen molar-refractivity contribution in [1.82, 2.24) is 13.9 Å². The molecular weight excluding hydrogens is 709 g/mol. The molecule has 2 saturated heterocycles. The molecule has 0 unspecified atom stereocenters. The molecule has 0 radical (unpaired) electrons. The summed E-state index contributed by atoms with van der Waals surface area (Å²) in [5, 5.41) is 25.2. The molecule has 2 heterocycles. The smallest absolute Gasteiger partial charge is 0.338 e. The van der Waals surface area contributed by atoms with Crippen molar-refractivity contribution in [2.75, 3.05) is 59.2 Å². The van der Waals surface area contributed by atoms with Crippen molar-refractivity contribution in [3.8, 4) is 0 Å². The van der Waals surface area contributed by atoms with Crippen molar-refractivity contribution in [2.45, 2.75) is 35.8 Å². The van der Waals surface area contributed by atoms with Gasteiger partial charge in [0.05, 0.1) is 52.7 Å². The standard InChI is InChI=1S/C33H38N4O12S2/c1-22-3-9-26(50(43,44)35-11-15-47-16-12-35)19-28(22)32(39)34-30(31(38)24-5-7-25(8-6-24)37(41)42)21-49-33(40)29-20-27(10-4-23(29)2)51(45,46)36-13-17-48-18-14-36/h3-10,19-20,30-31,38H,11-18,21H2,1-2H3,(H,34,39)/t30-,31-/m0/s1. The zero-order valence-electron chi connectivity index (χ0n) is 27.9. The van der Waals surface area contributed by atoms with Crippen molar-refractivity contribution >= 4 is 37.6 Å². The number of benzene rings is 3. The molecule has 5 rings (SSSR count). The van der Waals surface area contributed by atoms with E-state index in [1.807, 2.05) is 0 Å². The second kappa shape index (κ2) is 15.9. The summed E-state index contributed by atoms with van der Waals surface area (Å²) in [6, 6.07) is 11.7. The minimum Gasteiger partial charge on any atom is -0.460 e. The first-order valence-electron chi connectivity index (χ1n) is 16.0. The Morgan fingerprint density at radius 1 is 0.824 bits per heavy atom. The number of carbonyl (C=O) groups is 2. The van der Waals surface area contributed by atoms with Gasteiger partial charge >= 0.3 is 5.97 Å². The van der Waals surface area contributed by atoms with Crippen LogP contribution in [0.3, 0.4) is 0 Å². The third-order valence-corrected chi connectivity index (χ3v) is 12.4. The number of carbonyl (C=O) groups excluding carboxylic acids is 2. The first-order valence-corrected chi connectivity index (χ1v) is 18.9. The number of morpholine rings is 2. The van der Waals surface area contributed by atoms with Gasteiger partial charge in [0.25, 0.3) is 11.6 Å². The molecule has 18 heteroatoms. The van der Waals surface area contributed by atoms with Gasteiger partial charge in [0.1, 0.15) is 12.7 Å². The molecule has 2 fully saturated rings. The number of aliphatic hydroxyl groups is 1. The molecule has 1 amide bonds. The number of amides is 1. The number of rotatable bonds is 12. The number of aliphatic hydroxyl groups excluding tert-OH is 1. The zero-order valence-corrected chi connectivity index (χ0v) is 29.5. The molecule has 2 aliphatic rings. The molecule has 2 atom stereocenters. The van der Waals surface area contributed by atoms with Crippen LogP contribution >= 0.6 is 0 Å². The molecule has 51 heavy (non-hydrogen) atoms. The van der Waals surface area contributed by atoms with Crippen LogP contribution in [-0.4, -0.2) is 113 Å². The minimum absolute atomic E-state index is 0.0200. The molecule has 274 valence electrons. The van der Waals surface area contributed by atoms with Crippen molar-refractivity contribution in [2.24, 2.45) is 0 Å². The molecule has 0 aromatic heterocycles. The predicted octanol–water partition coefficient (Wildman–Crippen LogP) is 1.94. The highest BCUT2D eigenvalue weighted by Gasteiger charge is 2.31. The molecule has 0 bridgehead atoms. The van der Waals surface area contributed by atoms with E-state index in [1.165, 1.54) is 57.1 Å².